The molecule has 0 unspecified atom stereocenters. The number of carbonyl (C=O) groups is 1. The van der Waals surface area contributed by atoms with E-state index in [4.69, 9.17) is 4.74 Å². The van der Waals surface area contributed by atoms with Crippen molar-refractivity contribution in [1.82, 2.24) is 5.32 Å². The van der Waals surface area contributed by atoms with Gasteiger partial charge in [-0.3, -0.25) is 4.79 Å². The predicted octanol–water partition coefficient (Wildman–Crippen LogP) is 5.06. The van der Waals surface area contributed by atoms with Crippen LogP contribution in [0.3, 0.4) is 0 Å². The normalized spacial score (nSPS) is 11.1. The van der Waals surface area contributed by atoms with Crippen molar-refractivity contribution in [3.63, 3.8) is 0 Å². The Bertz CT molecular complexity index is 710. The molecule has 0 aliphatic rings. The van der Waals surface area contributed by atoms with E-state index in [0.29, 0.717) is 24.8 Å². The molecule has 0 aliphatic carbocycles. The molecule has 4 nitrogen and oxygen atoms in total. The van der Waals surface area contributed by atoms with E-state index in [1.54, 1.807) is 7.11 Å². The highest BCUT2D eigenvalue weighted by Crippen LogP contribution is 2.32. The van der Waals surface area contributed by atoms with Crippen LogP contribution in [-0.2, 0) is 11.3 Å². The number of carbonyl (C=O) groups excluding carboxylic acids is 1. The lowest BCUT2D eigenvalue weighted by atomic mass is 9.92. The first kappa shape index (κ1) is 21.0. The second-order valence-electron chi connectivity index (χ2n) is 7.44. The van der Waals surface area contributed by atoms with Gasteiger partial charge in [0.05, 0.1) is 7.11 Å². The Morgan fingerprint density at radius 2 is 1.56 bits per heavy atom. The number of ether oxygens (including phenoxy) is 1. The molecule has 0 fully saturated rings. The Labute approximate surface area is 163 Å². The molecule has 146 valence electrons. The summed E-state index contributed by atoms with van der Waals surface area (Å²) < 4.78 is 5.16. The van der Waals surface area contributed by atoms with Crippen LogP contribution in [0.15, 0.2) is 42.5 Å². The molecule has 2 rings (SSSR count). The molecule has 0 saturated carbocycles. The van der Waals surface area contributed by atoms with Crippen molar-refractivity contribution in [2.45, 2.75) is 52.5 Å². The van der Waals surface area contributed by atoms with Gasteiger partial charge in [-0.1, -0.05) is 58.0 Å². The van der Waals surface area contributed by atoms with E-state index in [9.17, 15) is 4.79 Å². The summed E-state index contributed by atoms with van der Waals surface area (Å²) in [6.07, 6.45) is 0.445. The fourth-order valence-electron chi connectivity index (χ4n) is 3.08. The number of benzene rings is 2. The number of hydrogen-bond acceptors (Lipinski definition) is 3. The zero-order chi connectivity index (χ0) is 19.8. The highest BCUT2D eigenvalue weighted by molar-refractivity contribution is 5.92. The maximum Gasteiger partial charge on any atom is 0.225 e. The van der Waals surface area contributed by atoms with Crippen molar-refractivity contribution in [2.75, 3.05) is 19.0 Å². The molecular formula is C23H32N2O2. The average Bonchev–Trinajstić information content (AvgIpc) is 2.65. The molecule has 2 aromatic carbocycles. The Hall–Kier alpha value is -2.33. The van der Waals surface area contributed by atoms with E-state index in [1.165, 1.54) is 16.7 Å². The fourth-order valence-corrected chi connectivity index (χ4v) is 3.08. The van der Waals surface area contributed by atoms with Crippen molar-refractivity contribution >= 4 is 11.6 Å². The van der Waals surface area contributed by atoms with Gasteiger partial charge in [-0.15, -0.1) is 0 Å². The molecule has 2 aromatic rings. The topological polar surface area (TPSA) is 50.4 Å². The van der Waals surface area contributed by atoms with Gasteiger partial charge in [0.1, 0.15) is 5.75 Å². The number of anilines is 1. The molecule has 1 amide bonds. The monoisotopic (exact) mass is 368 g/mol. The number of rotatable bonds is 9. The predicted molar refractivity (Wildman–Crippen MR) is 113 cm³/mol. The molecular weight excluding hydrogens is 336 g/mol. The largest absolute Gasteiger partial charge is 0.497 e. The van der Waals surface area contributed by atoms with Gasteiger partial charge in [0.15, 0.2) is 0 Å². The summed E-state index contributed by atoms with van der Waals surface area (Å²) in [6.45, 7) is 10.0. The van der Waals surface area contributed by atoms with Gasteiger partial charge in [0.2, 0.25) is 5.91 Å². The molecule has 0 bridgehead atoms. The smallest absolute Gasteiger partial charge is 0.225 e. The van der Waals surface area contributed by atoms with E-state index in [0.717, 1.165) is 18.0 Å². The standard InChI is InChI=1S/C23H32N2O2/c1-16(2)20-7-6-8-21(17(3)4)23(20)25-22(26)13-14-24-15-18-9-11-19(27-5)12-10-18/h6-12,16-17,24H,13-15H2,1-5H3,(H,25,26). The first-order valence-electron chi connectivity index (χ1n) is 9.68. The second kappa shape index (κ2) is 10.1. The van der Waals surface area contributed by atoms with Crippen molar-refractivity contribution in [1.29, 1.82) is 0 Å². The maximum absolute atomic E-state index is 12.5. The number of para-hydroxylation sites is 1. The Balaban J connectivity index is 1.90. The molecule has 0 spiro atoms. The Morgan fingerprint density at radius 3 is 2.07 bits per heavy atom. The van der Waals surface area contributed by atoms with Crippen molar-refractivity contribution in [2.24, 2.45) is 0 Å². The number of nitrogens with one attached hydrogen (secondary N) is 2. The minimum absolute atomic E-state index is 0.0484. The van der Waals surface area contributed by atoms with Gasteiger partial charge in [-0.05, 0) is 40.7 Å². The maximum atomic E-state index is 12.5. The van der Waals surface area contributed by atoms with Gasteiger partial charge < -0.3 is 15.4 Å². The number of amides is 1. The van der Waals surface area contributed by atoms with Crippen molar-refractivity contribution in [3.8, 4) is 5.75 Å². The van der Waals surface area contributed by atoms with Gasteiger partial charge in [-0.25, -0.2) is 0 Å². The lowest BCUT2D eigenvalue weighted by Gasteiger charge is -2.20. The molecule has 0 aliphatic heterocycles. The van der Waals surface area contributed by atoms with Gasteiger partial charge >= 0.3 is 0 Å². The van der Waals surface area contributed by atoms with E-state index < -0.39 is 0 Å². The molecule has 27 heavy (non-hydrogen) atoms. The van der Waals surface area contributed by atoms with E-state index >= 15 is 0 Å². The minimum Gasteiger partial charge on any atom is -0.497 e. The van der Waals surface area contributed by atoms with Crippen LogP contribution in [0.1, 0.15) is 62.6 Å². The summed E-state index contributed by atoms with van der Waals surface area (Å²) in [5.41, 5.74) is 4.55. The third-order valence-electron chi connectivity index (χ3n) is 4.65. The summed E-state index contributed by atoms with van der Waals surface area (Å²) in [6, 6.07) is 14.2. The van der Waals surface area contributed by atoms with Gasteiger partial charge in [0, 0.05) is 25.2 Å². The van der Waals surface area contributed by atoms with Crippen LogP contribution in [-0.4, -0.2) is 19.6 Å². The summed E-state index contributed by atoms with van der Waals surface area (Å²) in [7, 11) is 1.66. The first-order chi connectivity index (χ1) is 12.9. The van der Waals surface area contributed by atoms with Crippen LogP contribution in [0.2, 0.25) is 0 Å². The number of hydrogen-bond donors (Lipinski definition) is 2. The van der Waals surface area contributed by atoms with Crippen LogP contribution in [0.4, 0.5) is 5.69 Å². The first-order valence-corrected chi connectivity index (χ1v) is 9.68. The highest BCUT2D eigenvalue weighted by atomic mass is 16.5. The Kier molecular flexibility index (Phi) is 7.86. The molecule has 0 atom stereocenters. The quantitative estimate of drug-likeness (QED) is 0.608. The lowest BCUT2D eigenvalue weighted by Crippen LogP contribution is -2.22. The Morgan fingerprint density at radius 1 is 0.963 bits per heavy atom. The van der Waals surface area contributed by atoms with Crippen molar-refractivity contribution < 1.29 is 9.53 Å². The van der Waals surface area contributed by atoms with Gasteiger partial charge in [-0.2, -0.15) is 0 Å². The molecule has 0 aromatic heterocycles. The molecule has 0 heterocycles. The summed E-state index contributed by atoms with van der Waals surface area (Å²) in [5.74, 6) is 1.63. The van der Waals surface area contributed by atoms with E-state index in [-0.39, 0.29) is 5.91 Å². The van der Waals surface area contributed by atoms with Crippen LogP contribution in [0.5, 0.6) is 5.75 Å². The molecule has 0 saturated heterocycles. The second-order valence-corrected chi connectivity index (χ2v) is 7.44. The third-order valence-corrected chi connectivity index (χ3v) is 4.65. The van der Waals surface area contributed by atoms with Crippen molar-refractivity contribution in [3.05, 3.63) is 59.2 Å². The zero-order valence-corrected chi connectivity index (χ0v) is 17.1. The SMILES string of the molecule is COc1ccc(CNCCC(=O)Nc2c(C(C)C)cccc2C(C)C)cc1. The lowest BCUT2D eigenvalue weighted by molar-refractivity contribution is -0.116. The third kappa shape index (κ3) is 6.10. The highest BCUT2D eigenvalue weighted by Gasteiger charge is 2.15. The minimum atomic E-state index is 0.0484. The molecule has 4 heteroatoms. The van der Waals surface area contributed by atoms with E-state index in [2.05, 4.69) is 56.5 Å². The molecule has 2 N–H and O–H groups in total. The number of methoxy groups -OCH3 is 1. The van der Waals surface area contributed by atoms with Gasteiger partial charge in [0.25, 0.3) is 0 Å². The fraction of sp³-hybridized carbons (Fsp3) is 0.435. The summed E-state index contributed by atoms with van der Waals surface area (Å²) >= 11 is 0. The average molecular weight is 369 g/mol. The summed E-state index contributed by atoms with van der Waals surface area (Å²) in [4.78, 5) is 12.5. The van der Waals surface area contributed by atoms with E-state index in [1.807, 2.05) is 24.3 Å². The zero-order valence-electron chi connectivity index (χ0n) is 17.1. The van der Waals surface area contributed by atoms with Crippen LogP contribution < -0.4 is 15.4 Å². The molecule has 0 radical (unpaired) electrons. The van der Waals surface area contributed by atoms with Crippen LogP contribution in [0, 0.1) is 0 Å². The van der Waals surface area contributed by atoms with Crippen LogP contribution in [0.25, 0.3) is 0 Å². The summed E-state index contributed by atoms with van der Waals surface area (Å²) in [5, 5.41) is 6.49. The van der Waals surface area contributed by atoms with Crippen LogP contribution >= 0.6 is 0 Å².